The molecule has 10 heteroatoms. The molecule has 1 amide bonds. The molecule has 8 nitrogen and oxygen atoms in total. The Hall–Kier alpha value is -2.43. The zero-order valence-corrected chi connectivity index (χ0v) is 21.2. The van der Waals surface area contributed by atoms with Crippen molar-refractivity contribution in [1.82, 2.24) is 4.72 Å². The van der Waals surface area contributed by atoms with Gasteiger partial charge in [-0.25, -0.2) is 21.6 Å². The van der Waals surface area contributed by atoms with Crippen LogP contribution in [0.1, 0.15) is 51.0 Å². The van der Waals surface area contributed by atoms with Gasteiger partial charge in [-0.05, 0) is 73.6 Å². The van der Waals surface area contributed by atoms with Crippen molar-refractivity contribution in [1.29, 1.82) is 0 Å². The highest BCUT2D eigenvalue weighted by atomic mass is 32.2. The van der Waals surface area contributed by atoms with Crippen LogP contribution in [0.4, 0.5) is 5.69 Å². The Kier molecular flexibility index (Phi) is 8.05. The lowest BCUT2D eigenvalue weighted by molar-refractivity contribution is -0.123. The number of rotatable bonds is 7. The summed E-state index contributed by atoms with van der Waals surface area (Å²) < 4.78 is 50.5. The first kappa shape index (κ1) is 26.2. The third kappa shape index (κ3) is 6.58. The number of hydrogen-bond acceptors (Lipinski definition) is 7. The topological polar surface area (TPSA) is 130 Å². The van der Waals surface area contributed by atoms with Gasteiger partial charge in [0.05, 0.1) is 21.9 Å². The van der Waals surface area contributed by atoms with E-state index in [2.05, 4.69) is 23.9 Å². The Balaban J connectivity index is 1.63. The maximum Gasteiger partial charge on any atom is 0.264 e. The molecule has 2 aromatic rings. The standard InChI is InChI=1S/C24H32N2O6S2/c1-16(2)17-4-8-19(9-5-17)25-22-14-6-18(7-15-23(22)27)24(28)26-34(31,32)21-12-10-20(11-13-21)33(3,29)30/h4-5,8-13,16,18,22-23,25,27H,6-7,14-15H2,1-3H3,(H,26,28)/t18-,22+,23+/m1/s1. The number of hydrogen-bond donors (Lipinski definition) is 3. The Labute approximate surface area is 201 Å². The van der Waals surface area contributed by atoms with Crippen LogP contribution in [0.2, 0.25) is 0 Å². The third-order valence-corrected chi connectivity index (χ3v) is 8.69. The van der Waals surface area contributed by atoms with Crippen LogP contribution in [-0.4, -0.2) is 46.3 Å². The summed E-state index contributed by atoms with van der Waals surface area (Å²) in [6.07, 6.45) is 2.02. The molecule has 3 rings (SSSR count). The second-order valence-corrected chi connectivity index (χ2v) is 12.9. The summed E-state index contributed by atoms with van der Waals surface area (Å²) in [7, 11) is -7.60. The minimum absolute atomic E-state index is 0.00656. The van der Waals surface area contributed by atoms with E-state index in [0.29, 0.717) is 31.6 Å². The summed E-state index contributed by atoms with van der Waals surface area (Å²) in [4.78, 5) is 12.6. The predicted molar refractivity (Wildman–Crippen MR) is 131 cm³/mol. The van der Waals surface area contributed by atoms with Gasteiger partial charge in [-0.1, -0.05) is 26.0 Å². The minimum Gasteiger partial charge on any atom is -0.391 e. The second-order valence-electron chi connectivity index (χ2n) is 9.16. The Morgan fingerprint density at radius 2 is 1.44 bits per heavy atom. The Morgan fingerprint density at radius 3 is 2.00 bits per heavy atom. The maximum absolute atomic E-state index is 12.8. The quantitative estimate of drug-likeness (QED) is 0.490. The number of aliphatic hydroxyl groups is 1. The second kappa shape index (κ2) is 10.5. The van der Waals surface area contributed by atoms with Crippen molar-refractivity contribution in [2.75, 3.05) is 11.6 Å². The molecule has 0 radical (unpaired) electrons. The van der Waals surface area contributed by atoms with E-state index in [9.17, 15) is 26.7 Å². The van der Waals surface area contributed by atoms with E-state index in [1.54, 1.807) is 0 Å². The molecule has 0 unspecified atom stereocenters. The van der Waals surface area contributed by atoms with Crippen LogP contribution in [-0.2, 0) is 24.7 Å². The van der Waals surface area contributed by atoms with Crippen molar-refractivity contribution >= 4 is 31.5 Å². The minimum atomic E-state index is -4.14. The zero-order valence-electron chi connectivity index (χ0n) is 19.6. The lowest BCUT2D eigenvalue weighted by Crippen LogP contribution is -2.35. The van der Waals surface area contributed by atoms with Crippen molar-refractivity contribution in [3.05, 3.63) is 54.1 Å². The summed E-state index contributed by atoms with van der Waals surface area (Å²) in [6.45, 7) is 4.24. The van der Waals surface area contributed by atoms with E-state index in [-0.39, 0.29) is 15.8 Å². The van der Waals surface area contributed by atoms with Crippen LogP contribution >= 0.6 is 0 Å². The number of sulfonamides is 1. The Morgan fingerprint density at radius 1 is 0.882 bits per heavy atom. The highest BCUT2D eigenvalue weighted by Crippen LogP contribution is 2.27. The average Bonchev–Trinajstić information content (AvgIpc) is 2.95. The van der Waals surface area contributed by atoms with E-state index >= 15 is 0 Å². The smallest absolute Gasteiger partial charge is 0.264 e. The molecule has 1 saturated carbocycles. The summed E-state index contributed by atoms with van der Waals surface area (Å²) in [6, 6.07) is 12.5. The fourth-order valence-electron chi connectivity index (χ4n) is 4.04. The van der Waals surface area contributed by atoms with E-state index in [0.717, 1.165) is 24.1 Å². The van der Waals surface area contributed by atoms with Crippen LogP contribution in [0.3, 0.4) is 0 Å². The molecule has 0 bridgehead atoms. The van der Waals surface area contributed by atoms with Gasteiger partial charge in [-0.15, -0.1) is 0 Å². The monoisotopic (exact) mass is 508 g/mol. The highest BCUT2D eigenvalue weighted by Gasteiger charge is 2.31. The van der Waals surface area contributed by atoms with Crippen molar-refractivity contribution in [2.24, 2.45) is 5.92 Å². The summed E-state index contributed by atoms with van der Waals surface area (Å²) in [5.41, 5.74) is 2.10. The highest BCUT2D eigenvalue weighted by molar-refractivity contribution is 7.91. The fourth-order valence-corrected chi connectivity index (χ4v) is 5.71. The number of nitrogens with one attached hydrogen (secondary N) is 2. The van der Waals surface area contributed by atoms with E-state index in [1.165, 1.54) is 17.7 Å². The molecule has 0 heterocycles. The number of benzene rings is 2. The van der Waals surface area contributed by atoms with Gasteiger partial charge in [0.1, 0.15) is 0 Å². The van der Waals surface area contributed by atoms with E-state index < -0.39 is 37.8 Å². The average molecular weight is 509 g/mol. The molecule has 1 fully saturated rings. The SMILES string of the molecule is CC(C)c1ccc(N[C@H]2CC[C@@H](C(=O)NS(=O)(=O)c3ccc(S(C)(=O)=O)cc3)CC[C@@H]2O)cc1. The molecule has 0 spiro atoms. The molecule has 3 N–H and O–H groups in total. The molecule has 0 saturated heterocycles. The van der Waals surface area contributed by atoms with Gasteiger partial charge < -0.3 is 10.4 Å². The van der Waals surface area contributed by atoms with Gasteiger partial charge in [0.25, 0.3) is 10.0 Å². The van der Waals surface area contributed by atoms with Crippen molar-refractivity contribution in [2.45, 2.75) is 67.4 Å². The first-order valence-corrected chi connectivity index (χ1v) is 14.7. The summed E-state index contributed by atoms with van der Waals surface area (Å²) >= 11 is 0. The van der Waals surface area contributed by atoms with Crippen LogP contribution in [0.25, 0.3) is 0 Å². The Bertz CT molecular complexity index is 1210. The molecule has 0 aromatic heterocycles. The fraction of sp³-hybridized carbons (Fsp3) is 0.458. The number of amides is 1. The molecule has 2 aromatic carbocycles. The molecular weight excluding hydrogens is 476 g/mol. The van der Waals surface area contributed by atoms with Crippen LogP contribution < -0.4 is 10.0 Å². The summed E-state index contributed by atoms with van der Waals surface area (Å²) in [5, 5.41) is 13.9. The van der Waals surface area contributed by atoms with Gasteiger partial charge >= 0.3 is 0 Å². The van der Waals surface area contributed by atoms with Gasteiger partial charge in [0, 0.05) is 17.9 Å². The number of carbonyl (C=O) groups is 1. The van der Waals surface area contributed by atoms with E-state index in [1.807, 2.05) is 24.3 Å². The molecule has 1 aliphatic rings. The maximum atomic E-state index is 12.8. The molecular formula is C24H32N2O6S2. The number of carbonyl (C=O) groups excluding carboxylic acids is 1. The van der Waals surface area contributed by atoms with Crippen molar-refractivity contribution in [3.63, 3.8) is 0 Å². The first-order chi connectivity index (χ1) is 15.9. The third-order valence-electron chi connectivity index (χ3n) is 6.20. The lowest BCUT2D eigenvalue weighted by atomic mass is 10.00. The number of sulfone groups is 1. The molecule has 0 aliphatic heterocycles. The molecule has 34 heavy (non-hydrogen) atoms. The molecule has 186 valence electrons. The predicted octanol–water partition coefficient (Wildman–Crippen LogP) is 3.05. The van der Waals surface area contributed by atoms with Gasteiger partial charge in [-0.3, -0.25) is 4.79 Å². The first-order valence-electron chi connectivity index (χ1n) is 11.3. The van der Waals surface area contributed by atoms with Gasteiger partial charge in [0.15, 0.2) is 9.84 Å². The van der Waals surface area contributed by atoms with Crippen LogP contribution in [0.15, 0.2) is 58.3 Å². The zero-order chi connectivity index (χ0) is 25.1. The normalized spacial score (nSPS) is 21.6. The van der Waals surface area contributed by atoms with Gasteiger partial charge in [0.2, 0.25) is 5.91 Å². The van der Waals surface area contributed by atoms with Crippen molar-refractivity contribution in [3.8, 4) is 0 Å². The molecule has 1 aliphatic carbocycles. The number of anilines is 1. The lowest BCUT2D eigenvalue weighted by Gasteiger charge is -2.23. The van der Waals surface area contributed by atoms with Crippen LogP contribution in [0, 0.1) is 5.92 Å². The van der Waals surface area contributed by atoms with Crippen LogP contribution in [0.5, 0.6) is 0 Å². The largest absolute Gasteiger partial charge is 0.391 e. The van der Waals surface area contributed by atoms with Gasteiger partial charge in [-0.2, -0.15) is 0 Å². The molecule has 3 atom stereocenters. The van der Waals surface area contributed by atoms with E-state index in [4.69, 9.17) is 0 Å². The van der Waals surface area contributed by atoms with Crippen molar-refractivity contribution < 1.29 is 26.7 Å². The summed E-state index contributed by atoms with van der Waals surface area (Å²) in [5.74, 6) is -0.762. The number of aliphatic hydroxyl groups excluding tert-OH is 1.